The average molecular weight is 726 g/mol. The zero-order valence-electron chi connectivity index (χ0n) is 29.2. The first-order valence-electron chi connectivity index (χ1n) is 17.9. The van der Waals surface area contributed by atoms with Gasteiger partial charge in [0.05, 0.1) is 29.9 Å². The van der Waals surface area contributed by atoms with Crippen molar-refractivity contribution in [2.45, 2.75) is 80.8 Å². The van der Waals surface area contributed by atoms with Gasteiger partial charge in [0.15, 0.2) is 9.92 Å². The maximum Gasteiger partial charge on any atom is 0.287 e. The number of fused-ring (bicyclic) bond motifs is 4. The number of ether oxygens (including phenoxy) is 4. The highest BCUT2D eigenvalue weighted by Crippen LogP contribution is 2.47. The number of carbonyl (C=O) groups is 2. The van der Waals surface area contributed by atoms with Crippen LogP contribution >= 0.6 is 11.6 Å². The van der Waals surface area contributed by atoms with Crippen LogP contribution in [-0.4, -0.2) is 74.4 Å². The summed E-state index contributed by atoms with van der Waals surface area (Å²) in [7, 11) is -2.05. The molecule has 3 aliphatic heterocycles. The third kappa shape index (κ3) is 6.96. The summed E-state index contributed by atoms with van der Waals surface area (Å²) >= 11 is 6.47. The Morgan fingerprint density at radius 1 is 1.12 bits per heavy atom. The van der Waals surface area contributed by atoms with E-state index in [1.807, 2.05) is 30.4 Å². The number of nitrogens with zero attached hydrogens (tertiary/aromatic N) is 2. The summed E-state index contributed by atoms with van der Waals surface area (Å²) in [5, 5.41) is 0.730. The van der Waals surface area contributed by atoms with Gasteiger partial charge in [0.2, 0.25) is 5.91 Å². The molecule has 2 bridgehead atoms. The van der Waals surface area contributed by atoms with E-state index < -0.39 is 33.2 Å². The fourth-order valence-corrected chi connectivity index (χ4v) is 10.1. The molecule has 5 aliphatic rings. The van der Waals surface area contributed by atoms with Gasteiger partial charge >= 0.3 is 0 Å². The highest BCUT2D eigenvalue weighted by atomic mass is 35.5. The first-order chi connectivity index (χ1) is 24.0. The smallest absolute Gasteiger partial charge is 0.287 e. The Kier molecular flexibility index (Phi) is 10.1. The minimum absolute atomic E-state index is 0.103. The Balaban J connectivity index is 1.35. The molecule has 50 heavy (non-hydrogen) atoms. The van der Waals surface area contributed by atoms with E-state index in [4.69, 9.17) is 30.5 Å². The topological polar surface area (TPSA) is 116 Å². The second-order valence-electron chi connectivity index (χ2n) is 15.0. The third-order valence-electron chi connectivity index (χ3n) is 11.4. The van der Waals surface area contributed by atoms with Crippen LogP contribution in [-0.2, 0) is 45.6 Å². The standard InChI is InChI=1S/C38H48ClN3O7S/c1-37(2)36(44)41-50(45,40-35(43)25-14-18-47-19-15-25)29-10-13-34-32(21-29)42(22-27-8-11-30(27)33(46-3)7-5-17-49-37)23-38(24-48-34)16-4-6-26-20-28(39)9-12-31(26)38/h5,7,9-10,12-13,20-21,25,27,30,33H,4,6,8,11,14-19,22-24H2,1-3H3,(H,40,41,43,44,45)/t27-,30+,33-,38-,50?/m0/s1. The molecule has 2 fully saturated rings. The number of hydrogen-bond acceptors (Lipinski definition) is 8. The molecule has 7 rings (SSSR count). The molecule has 1 saturated carbocycles. The lowest BCUT2D eigenvalue weighted by Gasteiger charge is -2.46. The fraction of sp³-hybridized carbons (Fsp3) is 0.579. The number of rotatable bonds is 3. The fourth-order valence-electron chi connectivity index (χ4n) is 8.25. The predicted octanol–water partition coefficient (Wildman–Crippen LogP) is 6.03. The molecule has 5 atom stereocenters. The number of carbonyl (C=O) groups excluding carboxylic acids is 2. The van der Waals surface area contributed by atoms with E-state index in [2.05, 4.69) is 26.1 Å². The summed E-state index contributed by atoms with van der Waals surface area (Å²) in [6.07, 6.45) is 9.82. The van der Waals surface area contributed by atoms with Gasteiger partial charge in [-0.1, -0.05) is 29.8 Å². The Hall–Kier alpha value is -2.96. The monoisotopic (exact) mass is 725 g/mol. The highest BCUT2D eigenvalue weighted by Gasteiger charge is 2.45. The first-order valence-corrected chi connectivity index (χ1v) is 19.7. The summed E-state index contributed by atoms with van der Waals surface area (Å²) in [5.74, 6) is -0.240. The zero-order chi connectivity index (χ0) is 35.1. The SMILES string of the molecule is CO[C@H]1C=CCOC(C)(C)C(=O)N=S(=O)(NC(=O)C2CCOCC2)c2ccc3c(c2)N(C[C@@H]2CC[C@H]21)C[C@@]1(CCCc2cc(Cl)ccc21)CO3. The van der Waals surface area contributed by atoms with Crippen molar-refractivity contribution in [1.82, 2.24) is 4.72 Å². The van der Waals surface area contributed by atoms with Gasteiger partial charge < -0.3 is 23.8 Å². The van der Waals surface area contributed by atoms with E-state index in [1.165, 1.54) is 11.1 Å². The van der Waals surface area contributed by atoms with Crippen molar-refractivity contribution >= 4 is 39.0 Å². The molecule has 1 saturated heterocycles. The molecule has 1 spiro atoms. The van der Waals surface area contributed by atoms with Crippen molar-refractivity contribution in [3.63, 3.8) is 0 Å². The van der Waals surface area contributed by atoms with E-state index in [1.54, 1.807) is 27.0 Å². The number of benzene rings is 2. The van der Waals surface area contributed by atoms with Crippen molar-refractivity contribution in [3.8, 4) is 5.75 Å². The molecule has 0 aromatic heterocycles. The molecule has 2 amide bonds. The molecule has 2 aliphatic carbocycles. The molecule has 12 heteroatoms. The quantitative estimate of drug-likeness (QED) is 0.382. The lowest BCUT2D eigenvalue weighted by Crippen LogP contribution is -2.49. The van der Waals surface area contributed by atoms with Crippen LogP contribution in [0.5, 0.6) is 5.75 Å². The molecule has 1 N–H and O–H groups in total. The molecular formula is C38H48ClN3O7S. The predicted molar refractivity (Wildman–Crippen MR) is 192 cm³/mol. The number of aryl methyl sites for hydroxylation is 1. The van der Waals surface area contributed by atoms with Crippen LogP contribution in [0.4, 0.5) is 5.69 Å². The van der Waals surface area contributed by atoms with Crippen molar-refractivity contribution < 1.29 is 32.7 Å². The largest absolute Gasteiger partial charge is 0.490 e. The van der Waals surface area contributed by atoms with Crippen LogP contribution < -0.4 is 14.4 Å². The van der Waals surface area contributed by atoms with Gasteiger partial charge in [0.1, 0.15) is 11.4 Å². The van der Waals surface area contributed by atoms with Gasteiger partial charge in [-0.25, -0.2) is 4.21 Å². The van der Waals surface area contributed by atoms with Crippen LogP contribution in [0.3, 0.4) is 0 Å². The molecule has 2 aromatic rings. The number of methoxy groups -OCH3 is 1. The van der Waals surface area contributed by atoms with Crippen molar-refractivity contribution in [2.24, 2.45) is 22.1 Å². The number of nitrogens with one attached hydrogen (secondary N) is 1. The van der Waals surface area contributed by atoms with Crippen LogP contribution in [0, 0.1) is 17.8 Å². The summed E-state index contributed by atoms with van der Waals surface area (Å²) in [6.45, 7) is 6.14. The Labute approximate surface area is 300 Å². The van der Waals surface area contributed by atoms with Gasteiger partial charge in [0.25, 0.3) is 5.91 Å². The third-order valence-corrected chi connectivity index (χ3v) is 13.4. The molecule has 10 nitrogen and oxygen atoms in total. The number of anilines is 1. The molecule has 0 radical (unpaired) electrons. The number of hydrogen-bond donors (Lipinski definition) is 1. The summed E-state index contributed by atoms with van der Waals surface area (Å²) in [4.78, 5) is 30.0. The van der Waals surface area contributed by atoms with Gasteiger partial charge in [-0.3, -0.25) is 14.3 Å². The highest BCUT2D eigenvalue weighted by molar-refractivity contribution is 7.92. The first kappa shape index (κ1) is 35.4. The normalized spacial score (nSPS) is 31.3. The number of amides is 2. The van der Waals surface area contributed by atoms with E-state index in [9.17, 15) is 9.59 Å². The van der Waals surface area contributed by atoms with Gasteiger partial charge in [-0.2, -0.15) is 0 Å². The lowest BCUT2D eigenvalue weighted by molar-refractivity contribution is -0.137. The minimum Gasteiger partial charge on any atom is -0.490 e. The average Bonchev–Trinajstić information content (AvgIpc) is 3.24. The summed E-state index contributed by atoms with van der Waals surface area (Å²) in [5.41, 5.74) is 1.58. The maximum absolute atomic E-state index is 15.1. The second-order valence-corrected chi connectivity index (χ2v) is 17.3. The van der Waals surface area contributed by atoms with Crippen LogP contribution in [0.2, 0.25) is 5.02 Å². The zero-order valence-corrected chi connectivity index (χ0v) is 30.7. The Bertz CT molecular complexity index is 1780. The van der Waals surface area contributed by atoms with Crippen LogP contribution in [0.25, 0.3) is 0 Å². The van der Waals surface area contributed by atoms with Crippen LogP contribution in [0.15, 0.2) is 57.8 Å². The lowest BCUT2D eigenvalue weighted by atomic mass is 9.68. The van der Waals surface area contributed by atoms with Crippen molar-refractivity contribution in [3.05, 3.63) is 64.7 Å². The Morgan fingerprint density at radius 3 is 2.70 bits per heavy atom. The van der Waals surface area contributed by atoms with Gasteiger partial charge in [-0.15, -0.1) is 4.36 Å². The van der Waals surface area contributed by atoms with E-state index in [-0.39, 0.29) is 23.0 Å². The molecule has 270 valence electrons. The van der Waals surface area contributed by atoms with Crippen molar-refractivity contribution in [1.29, 1.82) is 0 Å². The van der Waals surface area contributed by atoms with Gasteiger partial charge in [-0.05, 0) is 112 Å². The molecular weight excluding hydrogens is 678 g/mol. The van der Waals surface area contributed by atoms with Gasteiger partial charge in [0, 0.05) is 49.8 Å². The minimum atomic E-state index is -3.79. The molecule has 3 heterocycles. The van der Waals surface area contributed by atoms with E-state index >= 15 is 4.21 Å². The molecule has 1 unspecified atom stereocenters. The summed E-state index contributed by atoms with van der Waals surface area (Å²) in [6, 6.07) is 11.5. The van der Waals surface area contributed by atoms with E-state index in [0.29, 0.717) is 56.8 Å². The van der Waals surface area contributed by atoms with E-state index in [0.717, 1.165) is 49.4 Å². The van der Waals surface area contributed by atoms with Crippen LogP contribution in [0.1, 0.15) is 63.5 Å². The van der Waals surface area contributed by atoms with Crippen molar-refractivity contribution in [2.75, 3.05) is 51.5 Å². The second kappa shape index (κ2) is 14.2. The number of halogens is 1. The summed E-state index contributed by atoms with van der Waals surface area (Å²) < 4.78 is 46.2. The molecule has 2 aromatic carbocycles. The maximum atomic E-state index is 15.1. The Morgan fingerprint density at radius 2 is 1.94 bits per heavy atom.